The minimum absolute atomic E-state index is 0. The number of carboxylic acid groups (broad SMARTS) is 1. The molecule has 6 heteroatoms. The first-order valence-electron chi connectivity index (χ1n) is 6.52. The van der Waals surface area contributed by atoms with Gasteiger partial charge in [0.05, 0.1) is 16.7 Å². The van der Waals surface area contributed by atoms with Gasteiger partial charge in [0.25, 0.3) is 0 Å². The Labute approximate surface area is 169 Å². The van der Waals surface area contributed by atoms with Gasteiger partial charge in [0.1, 0.15) is 0 Å². The topological polar surface area (TPSA) is 52.2 Å². The Morgan fingerprint density at radius 2 is 1.65 bits per heavy atom. The number of fused-ring (bicyclic) bond motifs is 1. The van der Waals surface area contributed by atoms with Crippen LogP contribution >= 0.6 is 27.5 Å². The molecule has 3 nitrogen and oxygen atoms in total. The predicted octanol–water partition coefficient (Wildman–Crippen LogP) is 1.37. The van der Waals surface area contributed by atoms with Gasteiger partial charge in [-0.2, -0.15) is 0 Å². The Morgan fingerprint density at radius 3 is 2.35 bits per heavy atom. The summed E-state index contributed by atoms with van der Waals surface area (Å²) in [5.41, 5.74) is 1.19. The van der Waals surface area contributed by atoms with Crippen LogP contribution in [-0.4, -0.2) is 5.97 Å². The van der Waals surface area contributed by atoms with Crippen LogP contribution in [0.3, 0.4) is 0 Å². The minimum atomic E-state index is -1.24. The molecule has 0 amide bonds. The summed E-state index contributed by atoms with van der Waals surface area (Å²) in [6, 6.07) is 16.1. The van der Waals surface area contributed by atoms with E-state index in [9.17, 15) is 9.90 Å². The Morgan fingerprint density at radius 1 is 1.04 bits per heavy atom. The minimum Gasteiger partial charge on any atom is -0.545 e. The Kier molecular flexibility index (Phi) is 6.12. The number of carbonyl (C=O) groups excluding carboxylic acids is 1. The van der Waals surface area contributed by atoms with Gasteiger partial charge in [-0.1, -0.05) is 70.0 Å². The number of aromatic carboxylic acids is 1. The first-order valence-corrected chi connectivity index (χ1v) is 7.69. The van der Waals surface area contributed by atoms with Crippen molar-refractivity contribution in [3.63, 3.8) is 0 Å². The van der Waals surface area contributed by atoms with E-state index >= 15 is 0 Å². The number of nitrogens with one attached hydrogen (secondary N) is 1. The first kappa shape index (κ1) is 18.3. The number of hydrogen-bond acceptors (Lipinski definition) is 3. The third kappa shape index (κ3) is 3.73. The fourth-order valence-electron chi connectivity index (χ4n) is 2.33. The molecule has 110 valence electrons. The summed E-state index contributed by atoms with van der Waals surface area (Å²) in [4.78, 5) is 11.2. The van der Waals surface area contributed by atoms with E-state index in [1.807, 2.05) is 24.3 Å². The van der Waals surface area contributed by atoms with E-state index in [2.05, 4.69) is 21.2 Å². The summed E-state index contributed by atoms with van der Waals surface area (Å²) >= 11 is 9.82. The summed E-state index contributed by atoms with van der Waals surface area (Å²) in [5, 5.41) is 16.7. The number of benzene rings is 3. The van der Waals surface area contributed by atoms with Gasteiger partial charge in [-0.05, 0) is 17.5 Å². The van der Waals surface area contributed by atoms with Crippen molar-refractivity contribution in [2.75, 3.05) is 5.32 Å². The quantitative estimate of drug-likeness (QED) is 0.678. The monoisotopic (exact) mass is 397 g/mol. The van der Waals surface area contributed by atoms with Crippen molar-refractivity contribution in [1.29, 1.82) is 0 Å². The van der Waals surface area contributed by atoms with E-state index in [0.29, 0.717) is 16.4 Å². The molecule has 3 aromatic carbocycles. The molecule has 0 spiro atoms. The second kappa shape index (κ2) is 7.69. The van der Waals surface area contributed by atoms with Crippen LogP contribution in [0.4, 0.5) is 11.4 Å². The number of halogens is 2. The number of anilines is 2. The van der Waals surface area contributed by atoms with Crippen molar-refractivity contribution in [1.82, 2.24) is 0 Å². The molecule has 0 saturated carbocycles. The summed E-state index contributed by atoms with van der Waals surface area (Å²) < 4.78 is 0.881. The molecule has 0 aliphatic heterocycles. The Bertz CT molecular complexity index is 886. The van der Waals surface area contributed by atoms with Crippen molar-refractivity contribution in [3.8, 4) is 0 Å². The molecule has 0 unspecified atom stereocenters. The van der Waals surface area contributed by atoms with Crippen molar-refractivity contribution in [2.45, 2.75) is 0 Å². The van der Waals surface area contributed by atoms with Crippen molar-refractivity contribution in [3.05, 3.63) is 69.7 Å². The van der Waals surface area contributed by atoms with Crippen LogP contribution in [0.5, 0.6) is 0 Å². The van der Waals surface area contributed by atoms with Gasteiger partial charge in [-0.25, -0.2) is 0 Å². The van der Waals surface area contributed by atoms with E-state index in [0.717, 1.165) is 15.2 Å². The van der Waals surface area contributed by atoms with E-state index in [-0.39, 0.29) is 35.1 Å². The Hall–Kier alpha value is -1.04. The van der Waals surface area contributed by atoms with Crippen LogP contribution in [0.2, 0.25) is 5.02 Å². The largest absolute Gasteiger partial charge is 1.00 e. The van der Waals surface area contributed by atoms with Crippen LogP contribution in [0, 0.1) is 0 Å². The number of carboxylic acids is 1. The van der Waals surface area contributed by atoms with Gasteiger partial charge < -0.3 is 15.2 Å². The molecule has 1 N–H and O–H groups in total. The molecule has 0 aliphatic carbocycles. The number of carbonyl (C=O) groups is 1. The summed E-state index contributed by atoms with van der Waals surface area (Å²) in [6.45, 7) is 0. The zero-order valence-corrected chi connectivity index (χ0v) is 16.6. The standard InChI is InChI=1S/C17H11BrClNO2.Na/c18-13-9-14(19)16(11-6-2-1-5-10(11)13)20-15-8-4-3-7-12(15)17(21)22;/h1-9,20H,(H,21,22);/q;+1/p-1. The van der Waals surface area contributed by atoms with Crippen LogP contribution in [-0.2, 0) is 0 Å². The molecule has 0 heterocycles. The molecule has 0 fully saturated rings. The van der Waals surface area contributed by atoms with Gasteiger partial charge >= 0.3 is 29.6 Å². The third-order valence-corrected chi connectivity index (χ3v) is 4.31. The average Bonchev–Trinajstić information content (AvgIpc) is 2.51. The molecule has 3 rings (SSSR count). The van der Waals surface area contributed by atoms with Crippen LogP contribution < -0.4 is 40.0 Å². The summed E-state index contributed by atoms with van der Waals surface area (Å²) in [6.07, 6.45) is 0. The average molecular weight is 399 g/mol. The molecular weight excluding hydrogens is 389 g/mol. The molecule has 0 radical (unpaired) electrons. The SMILES string of the molecule is O=C([O-])c1ccccc1Nc1c(Cl)cc(Br)c2ccccc12.[Na+]. The normalized spacial score (nSPS) is 10.2. The van der Waals surface area contributed by atoms with E-state index in [4.69, 9.17) is 11.6 Å². The van der Waals surface area contributed by atoms with Gasteiger partial charge in [0.15, 0.2) is 0 Å². The predicted molar refractivity (Wildman–Crippen MR) is 90.7 cm³/mol. The number of para-hydroxylation sites is 1. The van der Waals surface area contributed by atoms with Crippen LogP contribution in [0.25, 0.3) is 10.8 Å². The third-order valence-electron chi connectivity index (χ3n) is 3.35. The zero-order chi connectivity index (χ0) is 15.7. The van der Waals surface area contributed by atoms with E-state index < -0.39 is 5.97 Å². The molecule has 0 saturated heterocycles. The molecular formula is C17H10BrClNNaO2. The van der Waals surface area contributed by atoms with E-state index in [1.54, 1.807) is 24.3 Å². The van der Waals surface area contributed by atoms with Gasteiger partial charge in [-0.15, -0.1) is 0 Å². The first-order chi connectivity index (χ1) is 10.6. The smallest absolute Gasteiger partial charge is 0.545 e. The van der Waals surface area contributed by atoms with Crippen molar-refractivity contribution < 1.29 is 39.5 Å². The van der Waals surface area contributed by atoms with Gasteiger partial charge in [-0.3, -0.25) is 0 Å². The molecule has 0 bridgehead atoms. The van der Waals surface area contributed by atoms with Gasteiger partial charge in [0.2, 0.25) is 0 Å². The molecule has 23 heavy (non-hydrogen) atoms. The zero-order valence-electron chi connectivity index (χ0n) is 12.3. The van der Waals surface area contributed by atoms with Crippen molar-refractivity contribution >= 4 is 55.6 Å². The molecule has 3 aromatic rings. The number of hydrogen-bond donors (Lipinski definition) is 1. The maximum atomic E-state index is 11.2. The Balaban J connectivity index is 0.00000192. The molecule has 0 aromatic heterocycles. The van der Waals surface area contributed by atoms with E-state index in [1.165, 1.54) is 6.07 Å². The van der Waals surface area contributed by atoms with Gasteiger partial charge in [0, 0.05) is 21.1 Å². The van der Waals surface area contributed by atoms with Crippen LogP contribution in [0.15, 0.2) is 59.1 Å². The summed E-state index contributed by atoms with van der Waals surface area (Å²) in [7, 11) is 0. The fourth-order valence-corrected chi connectivity index (χ4v) is 3.30. The maximum absolute atomic E-state index is 11.2. The van der Waals surface area contributed by atoms with Crippen LogP contribution in [0.1, 0.15) is 10.4 Å². The second-order valence-electron chi connectivity index (χ2n) is 4.72. The second-order valence-corrected chi connectivity index (χ2v) is 5.98. The fraction of sp³-hybridized carbons (Fsp3) is 0. The molecule has 0 atom stereocenters. The molecule has 0 aliphatic rings. The van der Waals surface area contributed by atoms with Crippen molar-refractivity contribution in [2.24, 2.45) is 0 Å². The number of rotatable bonds is 3. The summed E-state index contributed by atoms with van der Waals surface area (Å²) in [5.74, 6) is -1.24. The maximum Gasteiger partial charge on any atom is 1.00 e.